The molecule has 0 aliphatic carbocycles. The second kappa shape index (κ2) is 8.63. The van der Waals surface area contributed by atoms with E-state index in [1.54, 1.807) is 17.2 Å². The van der Waals surface area contributed by atoms with Gasteiger partial charge in [-0.25, -0.2) is 4.98 Å². The Morgan fingerprint density at radius 2 is 1.79 bits per heavy atom. The quantitative estimate of drug-likeness (QED) is 0.841. The average Bonchev–Trinajstić information content (AvgIpc) is 2.68. The van der Waals surface area contributed by atoms with Gasteiger partial charge in [-0.15, -0.1) is 0 Å². The van der Waals surface area contributed by atoms with E-state index in [0.717, 1.165) is 17.7 Å². The number of amides is 2. The van der Waals surface area contributed by atoms with Crippen molar-refractivity contribution in [2.24, 2.45) is 5.92 Å². The highest BCUT2D eigenvalue weighted by Gasteiger charge is 2.30. The number of hydrogen-bond donors (Lipinski definition) is 1. The summed E-state index contributed by atoms with van der Waals surface area (Å²) >= 11 is 0. The van der Waals surface area contributed by atoms with Crippen molar-refractivity contribution in [2.75, 3.05) is 18.4 Å². The van der Waals surface area contributed by atoms with Crippen molar-refractivity contribution in [3.05, 3.63) is 59.3 Å². The van der Waals surface area contributed by atoms with E-state index in [0.29, 0.717) is 37.3 Å². The number of nitrogens with one attached hydrogen (secondary N) is 1. The zero-order chi connectivity index (χ0) is 21.0. The number of carbonyl (C=O) groups is 2. The summed E-state index contributed by atoms with van der Waals surface area (Å²) in [7, 11) is 0. The fraction of sp³-hybridized carbons (Fsp3) is 0.381. The van der Waals surface area contributed by atoms with Crippen molar-refractivity contribution >= 4 is 17.6 Å². The molecule has 29 heavy (non-hydrogen) atoms. The minimum atomic E-state index is -4.39. The largest absolute Gasteiger partial charge is 0.416 e. The molecule has 8 heteroatoms. The molecule has 1 aliphatic rings. The third-order valence-electron chi connectivity index (χ3n) is 5.02. The summed E-state index contributed by atoms with van der Waals surface area (Å²) in [4.78, 5) is 30.6. The highest BCUT2D eigenvalue weighted by Crippen LogP contribution is 2.29. The van der Waals surface area contributed by atoms with E-state index in [4.69, 9.17) is 0 Å². The molecular formula is C21H22F3N3O2. The molecule has 0 unspecified atom stereocenters. The Hall–Kier alpha value is -2.90. The van der Waals surface area contributed by atoms with Crippen LogP contribution in [-0.2, 0) is 22.2 Å². The first-order valence-corrected chi connectivity index (χ1v) is 9.40. The van der Waals surface area contributed by atoms with Gasteiger partial charge < -0.3 is 10.2 Å². The van der Waals surface area contributed by atoms with Crippen LogP contribution < -0.4 is 5.32 Å². The van der Waals surface area contributed by atoms with Crippen LogP contribution >= 0.6 is 0 Å². The topological polar surface area (TPSA) is 62.3 Å². The number of nitrogens with zero attached hydrogens (tertiary/aromatic N) is 2. The third kappa shape index (κ3) is 5.56. The maximum absolute atomic E-state index is 12.6. The summed E-state index contributed by atoms with van der Waals surface area (Å²) in [5, 5.41) is 2.81. The molecule has 2 heterocycles. The number of rotatable bonds is 4. The number of likely N-dealkylation sites (tertiary alicyclic amines) is 1. The van der Waals surface area contributed by atoms with Crippen LogP contribution in [0.2, 0.25) is 0 Å². The Kier molecular flexibility index (Phi) is 6.20. The van der Waals surface area contributed by atoms with Gasteiger partial charge in [0.2, 0.25) is 11.8 Å². The molecule has 154 valence electrons. The van der Waals surface area contributed by atoms with Gasteiger partial charge in [-0.2, -0.15) is 13.2 Å². The SMILES string of the molecule is Cc1ccnc(NC(=O)C2CCN(C(=O)Cc3ccc(C(F)(F)F)cc3)CC2)c1. The van der Waals surface area contributed by atoms with Crippen LogP contribution in [0.5, 0.6) is 0 Å². The molecule has 5 nitrogen and oxygen atoms in total. The maximum Gasteiger partial charge on any atom is 0.416 e. The Balaban J connectivity index is 1.49. The lowest BCUT2D eigenvalue weighted by Crippen LogP contribution is -2.42. The van der Waals surface area contributed by atoms with Crippen molar-refractivity contribution in [3.63, 3.8) is 0 Å². The van der Waals surface area contributed by atoms with Crippen LogP contribution in [0.15, 0.2) is 42.6 Å². The number of benzene rings is 1. The first kappa shape index (κ1) is 20.8. The van der Waals surface area contributed by atoms with Gasteiger partial charge in [-0.1, -0.05) is 12.1 Å². The maximum atomic E-state index is 12.6. The van der Waals surface area contributed by atoms with Gasteiger partial charge in [-0.3, -0.25) is 9.59 Å². The van der Waals surface area contributed by atoms with E-state index in [1.807, 2.05) is 13.0 Å². The summed E-state index contributed by atoms with van der Waals surface area (Å²) in [5.41, 5.74) is 0.802. The van der Waals surface area contributed by atoms with E-state index in [2.05, 4.69) is 10.3 Å². The molecule has 0 radical (unpaired) electrons. The lowest BCUT2D eigenvalue weighted by Gasteiger charge is -2.31. The lowest BCUT2D eigenvalue weighted by molar-refractivity contribution is -0.137. The number of anilines is 1. The zero-order valence-electron chi connectivity index (χ0n) is 16.0. The molecule has 1 aromatic carbocycles. The number of aryl methyl sites for hydroxylation is 1. The predicted octanol–water partition coefficient (Wildman–Crippen LogP) is 3.83. The Labute approximate surface area is 166 Å². The molecule has 0 bridgehead atoms. The number of alkyl halides is 3. The van der Waals surface area contributed by atoms with Gasteiger partial charge in [0.1, 0.15) is 5.82 Å². The monoisotopic (exact) mass is 405 g/mol. The fourth-order valence-electron chi connectivity index (χ4n) is 3.32. The smallest absolute Gasteiger partial charge is 0.342 e. The second-order valence-electron chi connectivity index (χ2n) is 7.23. The summed E-state index contributed by atoms with van der Waals surface area (Å²) in [6, 6.07) is 8.26. The van der Waals surface area contributed by atoms with Gasteiger partial charge in [0.25, 0.3) is 0 Å². The molecule has 0 saturated carbocycles. The van der Waals surface area contributed by atoms with E-state index in [-0.39, 0.29) is 24.2 Å². The highest BCUT2D eigenvalue weighted by atomic mass is 19.4. The van der Waals surface area contributed by atoms with E-state index < -0.39 is 11.7 Å². The second-order valence-corrected chi connectivity index (χ2v) is 7.23. The molecule has 0 atom stereocenters. The van der Waals surface area contributed by atoms with Gasteiger partial charge >= 0.3 is 6.18 Å². The van der Waals surface area contributed by atoms with Crippen LogP contribution in [0.25, 0.3) is 0 Å². The molecule has 3 rings (SSSR count). The Morgan fingerprint density at radius 1 is 1.14 bits per heavy atom. The predicted molar refractivity (Wildman–Crippen MR) is 102 cm³/mol. The van der Waals surface area contributed by atoms with Gasteiger partial charge in [-0.05, 0) is 55.2 Å². The van der Waals surface area contributed by atoms with E-state index in [9.17, 15) is 22.8 Å². The molecule has 0 spiro atoms. The standard InChI is InChI=1S/C21H22F3N3O2/c1-14-6-9-25-18(12-14)26-20(29)16-7-10-27(11-8-16)19(28)13-15-2-4-17(5-3-15)21(22,23)24/h2-6,9,12,16H,7-8,10-11,13H2,1H3,(H,25,26,29). The molecule has 2 aromatic rings. The number of pyridine rings is 1. The molecule has 1 aromatic heterocycles. The van der Waals surface area contributed by atoms with Crippen LogP contribution in [0.4, 0.5) is 19.0 Å². The van der Waals surface area contributed by atoms with Crippen molar-refractivity contribution in [3.8, 4) is 0 Å². The van der Waals surface area contributed by atoms with Gasteiger partial charge in [0.15, 0.2) is 0 Å². The molecule has 1 N–H and O–H groups in total. The lowest BCUT2D eigenvalue weighted by atomic mass is 9.95. The minimum Gasteiger partial charge on any atom is -0.342 e. The number of halogens is 3. The van der Waals surface area contributed by atoms with Crippen molar-refractivity contribution in [1.82, 2.24) is 9.88 Å². The van der Waals surface area contributed by atoms with E-state index in [1.165, 1.54) is 12.1 Å². The highest BCUT2D eigenvalue weighted by molar-refractivity contribution is 5.92. The normalized spacial score (nSPS) is 15.2. The molecule has 1 saturated heterocycles. The zero-order valence-corrected chi connectivity index (χ0v) is 16.0. The molecule has 2 amide bonds. The summed E-state index contributed by atoms with van der Waals surface area (Å²) in [6.07, 6.45) is -1.64. The van der Waals surface area contributed by atoms with Gasteiger partial charge in [0.05, 0.1) is 12.0 Å². The van der Waals surface area contributed by atoms with Crippen LogP contribution in [0, 0.1) is 12.8 Å². The van der Waals surface area contributed by atoms with Crippen molar-refractivity contribution in [2.45, 2.75) is 32.4 Å². The van der Waals surface area contributed by atoms with Crippen LogP contribution in [-0.4, -0.2) is 34.8 Å². The van der Waals surface area contributed by atoms with Crippen molar-refractivity contribution < 1.29 is 22.8 Å². The Morgan fingerprint density at radius 3 is 2.38 bits per heavy atom. The van der Waals surface area contributed by atoms with Crippen LogP contribution in [0.3, 0.4) is 0 Å². The summed E-state index contributed by atoms with van der Waals surface area (Å²) in [6.45, 7) is 2.80. The molecule has 1 fully saturated rings. The first-order valence-electron chi connectivity index (χ1n) is 9.40. The van der Waals surface area contributed by atoms with Crippen LogP contribution in [0.1, 0.15) is 29.5 Å². The number of hydrogen-bond acceptors (Lipinski definition) is 3. The summed E-state index contributed by atoms with van der Waals surface area (Å²) < 4.78 is 37.9. The molecule has 1 aliphatic heterocycles. The Bertz CT molecular complexity index is 873. The number of piperidine rings is 1. The van der Waals surface area contributed by atoms with E-state index >= 15 is 0 Å². The minimum absolute atomic E-state index is 0.0439. The number of aromatic nitrogens is 1. The number of carbonyl (C=O) groups excluding carboxylic acids is 2. The summed E-state index contributed by atoms with van der Waals surface area (Å²) in [5.74, 6) is 0.0464. The fourth-order valence-corrected chi connectivity index (χ4v) is 3.32. The van der Waals surface area contributed by atoms with Crippen molar-refractivity contribution in [1.29, 1.82) is 0 Å². The first-order chi connectivity index (χ1) is 13.7. The molecular weight excluding hydrogens is 383 g/mol. The third-order valence-corrected chi connectivity index (χ3v) is 5.02. The van der Waals surface area contributed by atoms with Gasteiger partial charge in [0, 0.05) is 25.2 Å². The average molecular weight is 405 g/mol.